The van der Waals surface area contributed by atoms with Gasteiger partial charge in [0.25, 0.3) is 0 Å². The molecular weight excluding hydrogens is 274 g/mol. The van der Waals surface area contributed by atoms with E-state index in [9.17, 15) is 8.42 Å². The van der Waals surface area contributed by atoms with Crippen molar-refractivity contribution in [2.24, 2.45) is 0 Å². The molecule has 2 atom stereocenters. The predicted molar refractivity (Wildman–Crippen MR) is 76.6 cm³/mol. The lowest BCUT2D eigenvalue weighted by Crippen LogP contribution is -2.29. The van der Waals surface area contributed by atoms with Crippen LogP contribution in [0.5, 0.6) is 0 Å². The van der Waals surface area contributed by atoms with Crippen molar-refractivity contribution < 1.29 is 13.3 Å². The maximum Gasteiger partial charge on any atom is 0.202 e. The van der Waals surface area contributed by atoms with Gasteiger partial charge in [0.05, 0.1) is 15.8 Å². The maximum atomic E-state index is 12.9. The molecule has 0 spiro atoms. The van der Waals surface area contributed by atoms with E-state index in [1.807, 2.05) is 20.0 Å². The normalized spacial score (nSPS) is 27.7. The first-order valence-electron chi connectivity index (χ1n) is 6.94. The van der Waals surface area contributed by atoms with Crippen molar-refractivity contribution in [2.75, 3.05) is 7.05 Å². The number of allylic oxidation sites excluding steroid dienone is 1. The summed E-state index contributed by atoms with van der Waals surface area (Å²) in [6.07, 6.45) is 2.31. The molecule has 0 saturated carbocycles. The van der Waals surface area contributed by atoms with Gasteiger partial charge in [-0.2, -0.15) is 5.06 Å². The van der Waals surface area contributed by atoms with Crippen LogP contribution in [0, 0.1) is 0 Å². The molecule has 20 heavy (non-hydrogen) atoms. The van der Waals surface area contributed by atoms with Gasteiger partial charge in [0, 0.05) is 7.05 Å². The molecule has 1 fully saturated rings. The molecule has 4 nitrogen and oxygen atoms in total. The molecule has 1 aromatic rings. The number of likely N-dealkylation sites (N-methyl/N-ethyl adjacent to an activating group) is 1. The van der Waals surface area contributed by atoms with Crippen LogP contribution in [-0.4, -0.2) is 32.7 Å². The standard InChI is InChI=1S/C15H19NO3S/c1-11-15-13(16(2)19-11)9-6-10-14(15)20(17,18)12-7-4-3-5-8-12/h3-5,7-8,11,13H,6,9-10H2,1-2H3/t11-,13-/m1/s1. The Bertz CT molecular complexity index is 636. The molecule has 0 amide bonds. The van der Waals surface area contributed by atoms with Gasteiger partial charge in [-0.15, -0.1) is 0 Å². The van der Waals surface area contributed by atoms with Gasteiger partial charge in [0.2, 0.25) is 9.84 Å². The minimum Gasteiger partial charge on any atom is -0.291 e. The molecule has 1 aromatic carbocycles. The van der Waals surface area contributed by atoms with E-state index in [2.05, 4.69) is 0 Å². The van der Waals surface area contributed by atoms with Crippen molar-refractivity contribution in [2.45, 2.75) is 43.2 Å². The molecule has 0 radical (unpaired) electrons. The highest BCUT2D eigenvalue weighted by Crippen LogP contribution is 2.40. The molecule has 3 rings (SSSR count). The highest BCUT2D eigenvalue weighted by atomic mass is 32.2. The highest BCUT2D eigenvalue weighted by Gasteiger charge is 2.41. The van der Waals surface area contributed by atoms with E-state index in [4.69, 9.17) is 4.84 Å². The van der Waals surface area contributed by atoms with Gasteiger partial charge in [-0.3, -0.25) is 4.84 Å². The first-order chi connectivity index (χ1) is 9.51. The van der Waals surface area contributed by atoms with Gasteiger partial charge in [-0.25, -0.2) is 8.42 Å². The van der Waals surface area contributed by atoms with Crippen LogP contribution in [0.25, 0.3) is 0 Å². The summed E-state index contributed by atoms with van der Waals surface area (Å²) >= 11 is 0. The Balaban J connectivity index is 2.13. The van der Waals surface area contributed by atoms with Crippen molar-refractivity contribution >= 4 is 9.84 Å². The first-order valence-corrected chi connectivity index (χ1v) is 8.43. The summed E-state index contributed by atoms with van der Waals surface area (Å²) < 4.78 is 25.7. The fourth-order valence-electron chi connectivity index (χ4n) is 3.23. The van der Waals surface area contributed by atoms with Gasteiger partial charge in [0.1, 0.15) is 6.10 Å². The fourth-order valence-corrected chi connectivity index (χ4v) is 5.05. The summed E-state index contributed by atoms with van der Waals surface area (Å²) in [5, 5.41) is 1.81. The molecule has 1 aliphatic heterocycles. The highest BCUT2D eigenvalue weighted by molar-refractivity contribution is 7.95. The van der Waals surface area contributed by atoms with E-state index in [-0.39, 0.29) is 12.1 Å². The van der Waals surface area contributed by atoms with E-state index >= 15 is 0 Å². The summed E-state index contributed by atoms with van der Waals surface area (Å²) in [4.78, 5) is 6.63. The van der Waals surface area contributed by atoms with Crippen LogP contribution in [0.2, 0.25) is 0 Å². The predicted octanol–water partition coefficient (Wildman–Crippen LogP) is 2.53. The van der Waals surface area contributed by atoms with Gasteiger partial charge < -0.3 is 0 Å². The van der Waals surface area contributed by atoms with Crippen LogP contribution >= 0.6 is 0 Å². The third kappa shape index (κ3) is 2.10. The van der Waals surface area contributed by atoms with E-state index in [0.717, 1.165) is 18.4 Å². The molecule has 1 saturated heterocycles. The molecular formula is C15H19NO3S. The van der Waals surface area contributed by atoms with Crippen LogP contribution in [0.15, 0.2) is 45.7 Å². The molecule has 0 aromatic heterocycles. The first kappa shape index (κ1) is 13.8. The smallest absolute Gasteiger partial charge is 0.202 e. The number of benzene rings is 1. The number of sulfone groups is 1. The third-order valence-electron chi connectivity index (χ3n) is 4.14. The number of fused-ring (bicyclic) bond motifs is 1. The van der Waals surface area contributed by atoms with Gasteiger partial charge in [-0.05, 0) is 43.9 Å². The number of nitrogens with zero attached hydrogens (tertiary/aromatic N) is 1. The molecule has 0 N–H and O–H groups in total. The summed E-state index contributed by atoms with van der Waals surface area (Å²) in [5.41, 5.74) is 0.947. The molecule has 2 aliphatic rings. The Hall–Kier alpha value is -1.17. The zero-order valence-electron chi connectivity index (χ0n) is 11.7. The number of hydroxylamine groups is 2. The SMILES string of the molecule is C[C@H]1ON(C)[C@@H]2CCCC(S(=O)(=O)c3ccccc3)=C21. The molecule has 1 aliphatic carbocycles. The van der Waals surface area contributed by atoms with Crippen molar-refractivity contribution in [1.29, 1.82) is 0 Å². The van der Waals surface area contributed by atoms with Gasteiger partial charge >= 0.3 is 0 Å². The zero-order valence-corrected chi connectivity index (χ0v) is 12.6. The van der Waals surface area contributed by atoms with Crippen LogP contribution in [0.4, 0.5) is 0 Å². The largest absolute Gasteiger partial charge is 0.291 e. The Morgan fingerprint density at radius 2 is 1.95 bits per heavy atom. The second-order valence-corrected chi connectivity index (χ2v) is 7.37. The maximum absolute atomic E-state index is 12.9. The van der Waals surface area contributed by atoms with Gasteiger partial charge in [0.15, 0.2) is 0 Å². The Kier molecular flexibility index (Phi) is 3.44. The van der Waals surface area contributed by atoms with E-state index in [1.165, 1.54) is 0 Å². The Morgan fingerprint density at radius 1 is 1.25 bits per heavy atom. The van der Waals surface area contributed by atoms with Crippen molar-refractivity contribution in [3.63, 3.8) is 0 Å². The molecule has 0 unspecified atom stereocenters. The minimum atomic E-state index is -3.40. The topological polar surface area (TPSA) is 46.6 Å². The van der Waals surface area contributed by atoms with E-state index < -0.39 is 9.84 Å². The fraction of sp³-hybridized carbons (Fsp3) is 0.467. The minimum absolute atomic E-state index is 0.104. The zero-order chi connectivity index (χ0) is 14.3. The van der Waals surface area contributed by atoms with Crippen LogP contribution in [0.3, 0.4) is 0 Å². The quantitative estimate of drug-likeness (QED) is 0.840. The second kappa shape index (κ2) is 4.98. The summed E-state index contributed by atoms with van der Waals surface area (Å²) in [6.45, 7) is 1.93. The summed E-state index contributed by atoms with van der Waals surface area (Å²) in [5.74, 6) is 0. The second-order valence-electron chi connectivity index (χ2n) is 5.40. The lowest BCUT2D eigenvalue weighted by atomic mass is 9.92. The lowest BCUT2D eigenvalue weighted by molar-refractivity contribution is -0.138. The van der Waals surface area contributed by atoms with Crippen LogP contribution < -0.4 is 0 Å². The number of hydrogen-bond acceptors (Lipinski definition) is 4. The van der Waals surface area contributed by atoms with E-state index in [1.54, 1.807) is 29.3 Å². The average molecular weight is 293 g/mol. The molecule has 5 heteroatoms. The van der Waals surface area contributed by atoms with Crippen molar-refractivity contribution in [3.05, 3.63) is 40.8 Å². The number of hydrogen-bond donors (Lipinski definition) is 0. The van der Waals surface area contributed by atoms with Gasteiger partial charge in [-0.1, -0.05) is 18.2 Å². The summed E-state index contributed by atoms with van der Waals surface area (Å²) in [6, 6.07) is 8.79. The Morgan fingerprint density at radius 3 is 2.65 bits per heavy atom. The average Bonchev–Trinajstić information content (AvgIpc) is 2.75. The monoisotopic (exact) mass is 293 g/mol. The Labute approximate surface area is 119 Å². The van der Waals surface area contributed by atoms with Crippen LogP contribution in [-0.2, 0) is 14.7 Å². The molecule has 1 heterocycles. The number of rotatable bonds is 2. The molecule has 0 bridgehead atoms. The third-order valence-corrected chi connectivity index (χ3v) is 6.12. The van der Waals surface area contributed by atoms with E-state index in [0.29, 0.717) is 16.2 Å². The van der Waals surface area contributed by atoms with Crippen LogP contribution in [0.1, 0.15) is 26.2 Å². The van der Waals surface area contributed by atoms with Crippen molar-refractivity contribution in [3.8, 4) is 0 Å². The van der Waals surface area contributed by atoms with Crippen molar-refractivity contribution in [1.82, 2.24) is 5.06 Å². The summed E-state index contributed by atoms with van der Waals surface area (Å²) in [7, 11) is -1.52. The lowest BCUT2D eigenvalue weighted by Gasteiger charge is -2.25. The molecule has 108 valence electrons.